The van der Waals surface area contributed by atoms with Crippen LogP contribution in [-0.4, -0.2) is 16.7 Å². The Kier molecular flexibility index (Phi) is 7.58. The molecule has 0 saturated heterocycles. The summed E-state index contributed by atoms with van der Waals surface area (Å²) in [5, 5.41) is 5.65. The molecule has 56 valence electrons. The van der Waals surface area contributed by atoms with Gasteiger partial charge < -0.3 is 5.32 Å². The Bertz CT molecular complexity index is 161. The molecule has 0 spiro atoms. The standard InChI is InChI=1S/C6H8INOS/c1-8-4-2-3-5-10-6(7)9/h8H,2,4H2,1H3. The van der Waals surface area contributed by atoms with Crippen molar-refractivity contribution in [1.29, 1.82) is 0 Å². The predicted molar refractivity (Wildman–Crippen MR) is 53.3 cm³/mol. The lowest BCUT2D eigenvalue weighted by atomic mass is 10.4. The van der Waals surface area contributed by atoms with Crippen molar-refractivity contribution in [2.75, 3.05) is 13.6 Å². The van der Waals surface area contributed by atoms with Gasteiger partial charge >= 0.3 is 0 Å². The second-order valence-electron chi connectivity index (χ2n) is 1.47. The summed E-state index contributed by atoms with van der Waals surface area (Å²) in [6.45, 7) is 0.878. The van der Waals surface area contributed by atoms with Crippen molar-refractivity contribution in [2.24, 2.45) is 0 Å². The van der Waals surface area contributed by atoms with E-state index in [1.807, 2.05) is 7.05 Å². The number of thioether (sulfide) groups is 1. The molecule has 10 heavy (non-hydrogen) atoms. The summed E-state index contributed by atoms with van der Waals surface area (Å²) in [5.74, 6) is 2.84. The van der Waals surface area contributed by atoms with Crippen molar-refractivity contribution >= 4 is 37.5 Å². The first kappa shape index (κ1) is 10.3. The SMILES string of the molecule is CNCCC#CSC(=O)I. The lowest BCUT2D eigenvalue weighted by Crippen LogP contribution is -2.05. The third-order valence-corrected chi connectivity index (χ3v) is 1.77. The van der Waals surface area contributed by atoms with Gasteiger partial charge in [-0.15, -0.1) is 0 Å². The van der Waals surface area contributed by atoms with Crippen LogP contribution in [0.5, 0.6) is 0 Å². The van der Waals surface area contributed by atoms with E-state index in [1.54, 1.807) is 22.6 Å². The molecule has 0 radical (unpaired) electrons. The normalized spacial score (nSPS) is 8.20. The highest BCUT2D eigenvalue weighted by atomic mass is 127. The smallest absolute Gasteiger partial charge is 0.260 e. The monoisotopic (exact) mass is 269 g/mol. The second kappa shape index (κ2) is 7.38. The highest BCUT2D eigenvalue weighted by molar-refractivity contribution is 14.1. The highest BCUT2D eigenvalue weighted by Crippen LogP contribution is 2.06. The number of carbonyl (C=O) groups is 1. The van der Waals surface area contributed by atoms with E-state index in [0.717, 1.165) is 24.7 Å². The van der Waals surface area contributed by atoms with Gasteiger partial charge in [-0.1, -0.05) is 5.92 Å². The zero-order valence-electron chi connectivity index (χ0n) is 5.61. The van der Waals surface area contributed by atoms with Crippen LogP contribution in [0.4, 0.5) is 4.79 Å². The van der Waals surface area contributed by atoms with Gasteiger partial charge in [0.1, 0.15) is 0 Å². The maximum Gasteiger partial charge on any atom is 0.260 e. The summed E-state index contributed by atoms with van der Waals surface area (Å²) in [6, 6.07) is 0. The minimum absolute atomic E-state index is 0.0227. The zero-order valence-corrected chi connectivity index (χ0v) is 8.58. The van der Waals surface area contributed by atoms with E-state index in [2.05, 4.69) is 16.5 Å². The Hall–Kier alpha value is 0.270. The molecule has 0 fully saturated rings. The van der Waals surface area contributed by atoms with Gasteiger partial charge in [0.15, 0.2) is 0 Å². The van der Waals surface area contributed by atoms with Crippen molar-refractivity contribution < 1.29 is 4.79 Å². The van der Waals surface area contributed by atoms with E-state index in [9.17, 15) is 4.79 Å². The molecule has 0 rings (SSSR count). The quantitative estimate of drug-likeness (QED) is 0.359. The molecule has 0 aromatic heterocycles. The lowest BCUT2D eigenvalue weighted by Gasteiger charge is -1.86. The summed E-state index contributed by atoms with van der Waals surface area (Å²) in [4.78, 5) is 10.3. The topological polar surface area (TPSA) is 29.1 Å². The molecule has 0 atom stereocenters. The highest BCUT2D eigenvalue weighted by Gasteiger charge is 1.87. The Morgan fingerprint density at radius 3 is 3.00 bits per heavy atom. The molecule has 0 unspecified atom stereocenters. The van der Waals surface area contributed by atoms with E-state index in [-0.39, 0.29) is 3.12 Å². The molecule has 2 nitrogen and oxygen atoms in total. The molecule has 0 saturated carbocycles. The molecule has 0 aromatic carbocycles. The molecule has 0 bridgehead atoms. The van der Waals surface area contributed by atoms with Crippen LogP contribution in [0.2, 0.25) is 0 Å². The fourth-order valence-electron chi connectivity index (χ4n) is 0.315. The van der Waals surface area contributed by atoms with Gasteiger partial charge in [0.2, 0.25) is 0 Å². The maximum atomic E-state index is 10.3. The summed E-state index contributed by atoms with van der Waals surface area (Å²) in [5.41, 5.74) is 0. The minimum atomic E-state index is 0.0227. The van der Waals surface area contributed by atoms with E-state index in [1.165, 1.54) is 0 Å². The van der Waals surface area contributed by atoms with E-state index in [4.69, 9.17) is 0 Å². The summed E-state index contributed by atoms with van der Waals surface area (Å²) in [7, 11) is 1.87. The van der Waals surface area contributed by atoms with Crippen LogP contribution >= 0.6 is 34.4 Å². The van der Waals surface area contributed by atoms with Gasteiger partial charge in [0, 0.05) is 47.3 Å². The van der Waals surface area contributed by atoms with Crippen LogP contribution in [0, 0.1) is 11.2 Å². The lowest BCUT2D eigenvalue weighted by molar-refractivity contribution is 0.278. The van der Waals surface area contributed by atoms with Crippen LogP contribution in [0.3, 0.4) is 0 Å². The van der Waals surface area contributed by atoms with Crippen molar-refractivity contribution in [1.82, 2.24) is 5.32 Å². The van der Waals surface area contributed by atoms with Gasteiger partial charge in [0.05, 0.1) is 0 Å². The third-order valence-electron chi connectivity index (χ3n) is 0.703. The zero-order chi connectivity index (χ0) is 7.82. The summed E-state index contributed by atoms with van der Waals surface area (Å²) < 4.78 is 0.0227. The largest absolute Gasteiger partial charge is 0.319 e. The molecule has 4 heteroatoms. The van der Waals surface area contributed by atoms with E-state index < -0.39 is 0 Å². The minimum Gasteiger partial charge on any atom is -0.319 e. The maximum absolute atomic E-state index is 10.3. The number of rotatable bonds is 2. The number of carbonyl (C=O) groups excluding carboxylic acids is 1. The summed E-state index contributed by atoms with van der Waals surface area (Å²) >= 11 is 2.75. The molecule has 0 aliphatic heterocycles. The molecule has 0 amide bonds. The first-order chi connectivity index (χ1) is 4.77. The van der Waals surface area contributed by atoms with Crippen LogP contribution in [0.15, 0.2) is 0 Å². The number of halogens is 1. The Morgan fingerprint density at radius 2 is 2.50 bits per heavy atom. The van der Waals surface area contributed by atoms with Gasteiger partial charge in [-0.25, -0.2) is 0 Å². The molecule has 1 N–H and O–H groups in total. The average Bonchev–Trinajstić information content (AvgIpc) is 1.87. The molecule has 0 aliphatic carbocycles. The van der Waals surface area contributed by atoms with Crippen molar-refractivity contribution in [3.63, 3.8) is 0 Å². The molecular formula is C6H8INOS. The van der Waals surface area contributed by atoms with Crippen molar-refractivity contribution in [3.05, 3.63) is 0 Å². The van der Waals surface area contributed by atoms with E-state index in [0.29, 0.717) is 0 Å². The van der Waals surface area contributed by atoms with Crippen molar-refractivity contribution in [3.8, 4) is 11.2 Å². The second-order valence-corrected chi connectivity index (χ2v) is 3.96. The van der Waals surface area contributed by atoms with Gasteiger partial charge in [-0.3, -0.25) is 4.79 Å². The van der Waals surface area contributed by atoms with Crippen LogP contribution in [0.25, 0.3) is 0 Å². The fraction of sp³-hybridized carbons (Fsp3) is 0.500. The van der Waals surface area contributed by atoms with Crippen molar-refractivity contribution in [2.45, 2.75) is 6.42 Å². The Labute approximate surface area is 78.7 Å². The van der Waals surface area contributed by atoms with Gasteiger partial charge in [0.25, 0.3) is 3.12 Å². The number of nitrogens with one attached hydrogen (secondary N) is 1. The average molecular weight is 269 g/mol. The molecule has 0 aliphatic rings. The van der Waals surface area contributed by atoms with Crippen LogP contribution < -0.4 is 5.32 Å². The van der Waals surface area contributed by atoms with Crippen LogP contribution in [-0.2, 0) is 0 Å². The molecular weight excluding hydrogens is 261 g/mol. The van der Waals surface area contributed by atoms with E-state index >= 15 is 0 Å². The number of hydrogen-bond acceptors (Lipinski definition) is 3. The Balaban J connectivity index is 3.23. The van der Waals surface area contributed by atoms with Crippen LogP contribution in [0.1, 0.15) is 6.42 Å². The van der Waals surface area contributed by atoms with Gasteiger partial charge in [-0.05, 0) is 12.3 Å². The molecule has 0 heterocycles. The summed E-state index contributed by atoms with van der Waals surface area (Å²) in [6.07, 6.45) is 0.799. The predicted octanol–water partition coefficient (Wildman–Crippen LogP) is 1.84. The number of hydrogen-bond donors (Lipinski definition) is 1. The fourth-order valence-corrected chi connectivity index (χ4v) is 0.900. The Morgan fingerprint density at radius 1 is 1.80 bits per heavy atom. The first-order valence-corrected chi connectivity index (χ1v) is 4.65. The van der Waals surface area contributed by atoms with Gasteiger partial charge in [-0.2, -0.15) is 0 Å². The molecule has 0 aromatic rings. The third kappa shape index (κ3) is 8.27. The first-order valence-electron chi connectivity index (χ1n) is 2.76.